The van der Waals surface area contributed by atoms with Gasteiger partial charge in [0.2, 0.25) is 0 Å². The molecule has 4 rings (SSSR count). The number of rotatable bonds is 8. The second-order valence-corrected chi connectivity index (χ2v) is 8.46. The van der Waals surface area contributed by atoms with Crippen LogP contribution in [0.5, 0.6) is 5.75 Å². The van der Waals surface area contributed by atoms with Crippen LogP contribution in [0, 0.1) is 6.07 Å². The Morgan fingerprint density at radius 1 is 1.12 bits per heavy atom. The highest BCUT2D eigenvalue weighted by Gasteiger charge is 2.24. The van der Waals surface area contributed by atoms with E-state index in [1.54, 1.807) is 7.11 Å². The normalized spacial score (nSPS) is 15.1. The van der Waals surface area contributed by atoms with Crippen molar-refractivity contribution in [3.8, 4) is 5.75 Å². The highest BCUT2D eigenvalue weighted by atomic mass is 16.5. The number of carbonyl (C=O) groups is 1. The number of carboxylic acid groups (broad SMARTS) is 1. The van der Waals surface area contributed by atoms with E-state index in [1.807, 2.05) is 30.3 Å². The summed E-state index contributed by atoms with van der Waals surface area (Å²) < 4.78 is 5.56. The molecule has 165 valence electrons. The Kier molecular flexibility index (Phi) is 6.79. The summed E-state index contributed by atoms with van der Waals surface area (Å²) in [6.45, 7) is 3.81. The maximum absolute atomic E-state index is 11.0. The predicted octanol–water partition coefficient (Wildman–Crippen LogP) is 5.42. The van der Waals surface area contributed by atoms with Crippen LogP contribution < -0.4 is 9.64 Å². The van der Waals surface area contributed by atoms with Gasteiger partial charge in [-0.1, -0.05) is 48.5 Å². The number of ether oxygens (including phenoxy) is 1. The summed E-state index contributed by atoms with van der Waals surface area (Å²) in [5.74, 6) is 0.531. The van der Waals surface area contributed by atoms with Gasteiger partial charge in [0.1, 0.15) is 5.75 Å². The highest BCUT2D eigenvalue weighted by molar-refractivity contribution is 5.70. The van der Waals surface area contributed by atoms with E-state index in [1.165, 1.54) is 27.9 Å². The van der Waals surface area contributed by atoms with E-state index in [2.05, 4.69) is 48.2 Å². The molecule has 1 N–H and O–H groups in total. The number of aryl methyl sites for hydroxylation is 1. The van der Waals surface area contributed by atoms with Gasteiger partial charge in [-0.3, -0.25) is 4.79 Å². The van der Waals surface area contributed by atoms with Gasteiger partial charge < -0.3 is 14.7 Å². The molecular weight excluding hydrogens is 398 g/mol. The molecule has 1 aliphatic carbocycles. The fraction of sp³-hybridized carbons (Fsp3) is 0.321. The van der Waals surface area contributed by atoms with Gasteiger partial charge in [-0.05, 0) is 72.1 Å². The molecule has 4 nitrogen and oxygen atoms in total. The Balaban J connectivity index is 1.61. The Labute approximate surface area is 190 Å². The fourth-order valence-electron chi connectivity index (χ4n) is 4.69. The van der Waals surface area contributed by atoms with Crippen molar-refractivity contribution in [2.75, 3.05) is 18.6 Å². The van der Waals surface area contributed by atoms with E-state index >= 15 is 0 Å². The first-order valence-electron chi connectivity index (χ1n) is 11.3. The van der Waals surface area contributed by atoms with Gasteiger partial charge in [-0.2, -0.15) is 0 Å². The molecule has 0 saturated carbocycles. The molecule has 0 aliphatic heterocycles. The molecule has 1 radical (unpaired) electrons. The van der Waals surface area contributed by atoms with Crippen molar-refractivity contribution in [3.63, 3.8) is 0 Å². The van der Waals surface area contributed by atoms with E-state index in [0.717, 1.165) is 43.7 Å². The Bertz CT molecular complexity index is 1070. The van der Waals surface area contributed by atoms with Gasteiger partial charge in [0.15, 0.2) is 0 Å². The van der Waals surface area contributed by atoms with Crippen LogP contribution in [0.4, 0.5) is 5.69 Å². The molecule has 32 heavy (non-hydrogen) atoms. The summed E-state index contributed by atoms with van der Waals surface area (Å²) in [5.41, 5.74) is 7.43. The molecule has 3 aromatic carbocycles. The SMILES string of the molecule is CCN(Cc1ccc(CC(=O)O)cc1)c1cc(OC)ccc1[C@@H]1CCc2c[c]ccc2C1. The molecule has 1 aliphatic rings. The Morgan fingerprint density at radius 3 is 2.62 bits per heavy atom. The van der Waals surface area contributed by atoms with E-state index < -0.39 is 5.97 Å². The van der Waals surface area contributed by atoms with E-state index in [4.69, 9.17) is 9.84 Å². The van der Waals surface area contributed by atoms with Gasteiger partial charge >= 0.3 is 5.97 Å². The highest BCUT2D eigenvalue weighted by Crippen LogP contribution is 2.39. The number of hydrogen-bond acceptors (Lipinski definition) is 3. The third-order valence-corrected chi connectivity index (χ3v) is 6.43. The van der Waals surface area contributed by atoms with Crippen molar-refractivity contribution in [1.82, 2.24) is 0 Å². The summed E-state index contributed by atoms with van der Waals surface area (Å²) in [4.78, 5) is 13.4. The minimum atomic E-state index is -0.805. The average Bonchev–Trinajstić information content (AvgIpc) is 2.82. The maximum atomic E-state index is 11.0. The molecule has 4 heteroatoms. The minimum Gasteiger partial charge on any atom is -0.497 e. The molecule has 0 aromatic heterocycles. The molecule has 0 unspecified atom stereocenters. The summed E-state index contributed by atoms with van der Waals surface area (Å²) in [6.07, 6.45) is 3.31. The molecule has 0 fully saturated rings. The lowest BCUT2D eigenvalue weighted by Crippen LogP contribution is -2.25. The van der Waals surface area contributed by atoms with Crippen molar-refractivity contribution in [2.24, 2.45) is 0 Å². The number of nitrogens with zero attached hydrogens (tertiary/aromatic N) is 1. The van der Waals surface area contributed by atoms with Crippen LogP contribution in [0.25, 0.3) is 0 Å². The zero-order chi connectivity index (χ0) is 22.5. The van der Waals surface area contributed by atoms with Crippen molar-refractivity contribution in [3.05, 3.63) is 94.5 Å². The smallest absolute Gasteiger partial charge is 0.307 e. The van der Waals surface area contributed by atoms with Crippen LogP contribution in [0.2, 0.25) is 0 Å². The van der Waals surface area contributed by atoms with Crippen LogP contribution in [0.1, 0.15) is 47.1 Å². The van der Waals surface area contributed by atoms with Crippen molar-refractivity contribution >= 4 is 11.7 Å². The van der Waals surface area contributed by atoms with Crippen LogP contribution in [-0.2, 0) is 30.6 Å². The molecule has 1 atom stereocenters. The largest absolute Gasteiger partial charge is 0.497 e. The fourth-order valence-corrected chi connectivity index (χ4v) is 4.69. The van der Waals surface area contributed by atoms with Gasteiger partial charge in [0.05, 0.1) is 13.5 Å². The zero-order valence-corrected chi connectivity index (χ0v) is 18.8. The number of fused-ring (bicyclic) bond motifs is 1. The predicted molar refractivity (Wildman–Crippen MR) is 128 cm³/mol. The summed E-state index contributed by atoms with van der Waals surface area (Å²) in [7, 11) is 1.71. The third-order valence-electron chi connectivity index (χ3n) is 6.43. The molecule has 0 saturated heterocycles. The lowest BCUT2D eigenvalue weighted by Gasteiger charge is -2.32. The second kappa shape index (κ2) is 9.90. The lowest BCUT2D eigenvalue weighted by atomic mass is 9.79. The summed E-state index contributed by atoms with van der Waals surface area (Å²) >= 11 is 0. The molecular formula is C28H30NO3. The number of benzene rings is 3. The number of hydrogen-bond donors (Lipinski definition) is 1. The van der Waals surface area contributed by atoms with Crippen LogP contribution >= 0.6 is 0 Å². The first-order chi connectivity index (χ1) is 15.6. The van der Waals surface area contributed by atoms with Crippen LogP contribution in [-0.4, -0.2) is 24.7 Å². The van der Waals surface area contributed by atoms with E-state index in [9.17, 15) is 4.79 Å². The molecule has 0 spiro atoms. The molecule has 0 bridgehead atoms. The van der Waals surface area contributed by atoms with Gasteiger partial charge in [0, 0.05) is 24.8 Å². The van der Waals surface area contributed by atoms with Crippen LogP contribution in [0.15, 0.2) is 60.7 Å². The summed E-state index contributed by atoms with van der Waals surface area (Å²) in [6, 6.07) is 23.9. The standard InChI is InChI=1S/C28H30NO3/c1-3-29(19-21-10-8-20(9-11-21)16-28(30)31)27-18-25(32-2)14-15-26(27)24-13-12-22-6-4-5-7-23(22)17-24/h5-11,14-15,18,24H,3,12-13,16-17,19H2,1-2H3,(H,30,31)/t24-/m1/s1. The number of methoxy groups -OCH3 is 1. The lowest BCUT2D eigenvalue weighted by molar-refractivity contribution is -0.136. The molecule has 0 amide bonds. The number of anilines is 1. The monoisotopic (exact) mass is 428 g/mol. The van der Waals surface area contributed by atoms with Crippen molar-refractivity contribution in [1.29, 1.82) is 0 Å². The molecule has 0 heterocycles. The third kappa shape index (κ3) is 4.96. The summed E-state index contributed by atoms with van der Waals surface area (Å²) in [5, 5.41) is 9.01. The topological polar surface area (TPSA) is 49.8 Å². The minimum absolute atomic E-state index is 0.0543. The first kappa shape index (κ1) is 21.9. The maximum Gasteiger partial charge on any atom is 0.307 e. The van der Waals surface area contributed by atoms with Gasteiger partial charge in [-0.25, -0.2) is 0 Å². The van der Waals surface area contributed by atoms with Gasteiger partial charge in [0.25, 0.3) is 0 Å². The number of carboxylic acids is 1. The zero-order valence-electron chi connectivity index (χ0n) is 18.8. The van der Waals surface area contributed by atoms with Crippen molar-refractivity contribution in [2.45, 2.75) is 45.1 Å². The Morgan fingerprint density at radius 2 is 1.91 bits per heavy atom. The number of aliphatic carboxylic acids is 1. The molecule has 3 aromatic rings. The van der Waals surface area contributed by atoms with Crippen LogP contribution in [0.3, 0.4) is 0 Å². The van der Waals surface area contributed by atoms with E-state index in [-0.39, 0.29) is 6.42 Å². The quantitative estimate of drug-likeness (QED) is 0.520. The first-order valence-corrected chi connectivity index (χ1v) is 11.3. The second-order valence-electron chi connectivity index (χ2n) is 8.46. The average molecular weight is 429 g/mol. The van der Waals surface area contributed by atoms with E-state index in [0.29, 0.717) is 5.92 Å². The Hall–Kier alpha value is -3.27. The van der Waals surface area contributed by atoms with Gasteiger partial charge in [-0.15, -0.1) is 0 Å². The van der Waals surface area contributed by atoms with Crippen molar-refractivity contribution < 1.29 is 14.6 Å².